The molecule has 1 saturated carbocycles. The second kappa shape index (κ2) is 10.8. The SMILES string of the molecule is CCC(NCC(=O)Nc1cccc(C(=O)NC2CCCCC2)c1)c1ccccc1. The van der Waals surface area contributed by atoms with Crippen molar-refractivity contribution in [2.24, 2.45) is 0 Å². The van der Waals surface area contributed by atoms with Crippen LogP contribution in [0.4, 0.5) is 5.69 Å². The number of rotatable bonds is 8. The fourth-order valence-electron chi connectivity index (χ4n) is 3.86. The molecule has 0 bridgehead atoms. The zero-order valence-electron chi connectivity index (χ0n) is 17.1. The highest BCUT2D eigenvalue weighted by Gasteiger charge is 2.17. The van der Waals surface area contributed by atoms with Gasteiger partial charge >= 0.3 is 0 Å². The Hall–Kier alpha value is -2.66. The molecule has 2 aromatic carbocycles. The molecular formula is C24H31N3O2. The normalized spacial score (nSPS) is 15.5. The van der Waals surface area contributed by atoms with Crippen LogP contribution >= 0.6 is 0 Å². The molecule has 1 aliphatic carbocycles. The molecule has 2 aromatic rings. The van der Waals surface area contributed by atoms with Gasteiger partial charge in [0.15, 0.2) is 0 Å². The minimum absolute atomic E-state index is 0.0683. The third-order valence-corrected chi connectivity index (χ3v) is 5.47. The minimum atomic E-state index is -0.121. The van der Waals surface area contributed by atoms with Crippen LogP contribution in [0.15, 0.2) is 54.6 Å². The molecule has 2 amide bonds. The lowest BCUT2D eigenvalue weighted by Crippen LogP contribution is -2.36. The van der Waals surface area contributed by atoms with E-state index in [-0.39, 0.29) is 30.4 Å². The van der Waals surface area contributed by atoms with E-state index in [4.69, 9.17) is 0 Å². The summed E-state index contributed by atoms with van der Waals surface area (Å²) in [4.78, 5) is 24.9. The van der Waals surface area contributed by atoms with Crippen LogP contribution in [-0.2, 0) is 4.79 Å². The zero-order chi connectivity index (χ0) is 20.5. The Kier molecular flexibility index (Phi) is 7.82. The van der Waals surface area contributed by atoms with Crippen molar-refractivity contribution in [3.63, 3.8) is 0 Å². The summed E-state index contributed by atoms with van der Waals surface area (Å²) in [6, 6.07) is 17.7. The molecule has 1 unspecified atom stereocenters. The van der Waals surface area contributed by atoms with Gasteiger partial charge in [0, 0.05) is 23.3 Å². The molecule has 3 N–H and O–H groups in total. The van der Waals surface area contributed by atoms with Crippen LogP contribution in [0.25, 0.3) is 0 Å². The summed E-state index contributed by atoms with van der Waals surface area (Å²) in [5.41, 5.74) is 2.39. The maximum atomic E-state index is 12.5. The second-order valence-corrected chi connectivity index (χ2v) is 7.69. The average molecular weight is 394 g/mol. The quantitative estimate of drug-likeness (QED) is 0.621. The van der Waals surface area contributed by atoms with Gasteiger partial charge in [-0.05, 0) is 43.0 Å². The lowest BCUT2D eigenvalue weighted by molar-refractivity contribution is -0.115. The summed E-state index contributed by atoms with van der Waals surface area (Å²) in [6.45, 7) is 2.31. The molecule has 3 rings (SSSR count). The van der Waals surface area contributed by atoms with Gasteiger partial charge < -0.3 is 16.0 Å². The number of anilines is 1. The number of hydrogen-bond donors (Lipinski definition) is 3. The number of carbonyl (C=O) groups excluding carboxylic acids is 2. The van der Waals surface area contributed by atoms with Crippen molar-refractivity contribution in [2.75, 3.05) is 11.9 Å². The first-order chi connectivity index (χ1) is 14.2. The Labute approximate surface area is 173 Å². The van der Waals surface area contributed by atoms with E-state index in [0.29, 0.717) is 11.3 Å². The van der Waals surface area contributed by atoms with Crippen molar-refractivity contribution in [2.45, 2.75) is 57.5 Å². The van der Waals surface area contributed by atoms with E-state index >= 15 is 0 Å². The van der Waals surface area contributed by atoms with Gasteiger partial charge in [-0.1, -0.05) is 62.6 Å². The minimum Gasteiger partial charge on any atom is -0.349 e. The van der Waals surface area contributed by atoms with Crippen molar-refractivity contribution in [3.05, 3.63) is 65.7 Å². The molecule has 0 saturated heterocycles. The largest absolute Gasteiger partial charge is 0.349 e. The molecule has 0 heterocycles. The number of carbonyl (C=O) groups is 2. The van der Waals surface area contributed by atoms with Gasteiger partial charge in [0.1, 0.15) is 0 Å². The second-order valence-electron chi connectivity index (χ2n) is 7.69. The Morgan fingerprint density at radius 1 is 1.00 bits per heavy atom. The van der Waals surface area contributed by atoms with E-state index in [2.05, 4.69) is 35.0 Å². The lowest BCUT2D eigenvalue weighted by Gasteiger charge is -2.22. The molecular weight excluding hydrogens is 362 g/mol. The first-order valence-electron chi connectivity index (χ1n) is 10.6. The Bertz CT molecular complexity index is 801. The number of hydrogen-bond acceptors (Lipinski definition) is 3. The fourth-order valence-corrected chi connectivity index (χ4v) is 3.86. The highest BCUT2D eigenvalue weighted by molar-refractivity contribution is 5.97. The molecule has 1 fully saturated rings. The summed E-state index contributed by atoms with van der Waals surface area (Å²) in [5, 5.41) is 9.31. The van der Waals surface area contributed by atoms with Gasteiger partial charge in [-0.15, -0.1) is 0 Å². The number of benzene rings is 2. The van der Waals surface area contributed by atoms with Crippen LogP contribution in [0.3, 0.4) is 0 Å². The molecule has 0 spiro atoms. The van der Waals surface area contributed by atoms with Gasteiger partial charge in [-0.3, -0.25) is 9.59 Å². The Balaban J connectivity index is 1.52. The standard InChI is InChI=1S/C24H31N3O2/c1-2-22(18-10-5-3-6-11-18)25-17-23(28)26-21-15-9-12-19(16-21)24(29)27-20-13-7-4-8-14-20/h3,5-6,9-12,15-16,20,22,25H,2,4,7-8,13-14,17H2,1H3,(H,26,28)(H,27,29). The molecule has 0 radical (unpaired) electrons. The van der Waals surface area contributed by atoms with Gasteiger partial charge in [-0.25, -0.2) is 0 Å². The highest BCUT2D eigenvalue weighted by Crippen LogP contribution is 2.19. The molecule has 0 aliphatic heterocycles. The van der Waals surface area contributed by atoms with E-state index in [9.17, 15) is 9.59 Å². The number of amides is 2. The molecule has 154 valence electrons. The highest BCUT2D eigenvalue weighted by atomic mass is 16.2. The summed E-state index contributed by atoms with van der Waals surface area (Å²) < 4.78 is 0. The van der Waals surface area contributed by atoms with Crippen LogP contribution in [0.2, 0.25) is 0 Å². The topological polar surface area (TPSA) is 70.2 Å². The smallest absolute Gasteiger partial charge is 0.251 e. The van der Waals surface area contributed by atoms with Gasteiger partial charge in [0.05, 0.1) is 6.54 Å². The maximum Gasteiger partial charge on any atom is 0.251 e. The van der Waals surface area contributed by atoms with Crippen LogP contribution < -0.4 is 16.0 Å². The van der Waals surface area contributed by atoms with Crippen molar-refractivity contribution < 1.29 is 9.59 Å². The van der Waals surface area contributed by atoms with Gasteiger partial charge in [0.25, 0.3) is 5.91 Å². The van der Waals surface area contributed by atoms with Gasteiger partial charge in [0.2, 0.25) is 5.91 Å². The van der Waals surface area contributed by atoms with E-state index < -0.39 is 0 Å². The van der Waals surface area contributed by atoms with E-state index in [0.717, 1.165) is 19.3 Å². The van der Waals surface area contributed by atoms with Crippen LogP contribution in [-0.4, -0.2) is 24.4 Å². The Morgan fingerprint density at radius 3 is 2.48 bits per heavy atom. The first-order valence-corrected chi connectivity index (χ1v) is 10.6. The third-order valence-electron chi connectivity index (χ3n) is 5.47. The summed E-state index contributed by atoms with van der Waals surface area (Å²) in [6.07, 6.45) is 6.60. The molecule has 5 nitrogen and oxygen atoms in total. The summed E-state index contributed by atoms with van der Waals surface area (Å²) in [7, 11) is 0. The predicted octanol–water partition coefficient (Wildman–Crippen LogP) is 4.43. The van der Waals surface area contributed by atoms with Crippen molar-refractivity contribution in [3.8, 4) is 0 Å². The Morgan fingerprint density at radius 2 is 1.76 bits per heavy atom. The molecule has 0 aromatic heterocycles. The maximum absolute atomic E-state index is 12.5. The van der Waals surface area contributed by atoms with E-state index in [1.54, 1.807) is 18.2 Å². The molecule has 1 atom stereocenters. The lowest BCUT2D eigenvalue weighted by atomic mass is 9.95. The van der Waals surface area contributed by atoms with Crippen molar-refractivity contribution in [1.29, 1.82) is 0 Å². The first kappa shape index (κ1) is 21.1. The fraction of sp³-hybridized carbons (Fsp3) is 0.417. The van der Waals surface area contributed by atoms with Crippen molar-refractivity contribution in [1.82, 2.24) is 10.6 Å². The summed E-state index contributed by atoms with van der Waals surface area (Å²) in [5.74, 6) is -0.189. The molecule has 29 heavy (non-hydrogen) atoms. The summed E-state index contributed by atoms with van der Waals surface area (Å²) >= 11 is 0. The predicted molar refractivity (Wildman–Crippen MR) is 117 cm³/mol. The van der Waals surface area contributed by atoms with Crippen LogP contribution in [0.5, 0.6) is 0 Å². The van der Waals surface area contributed by atoms with E-state index in [1.165, 1.54) is 24.8 Å². The van der Waals surface area contributed by atoms with Gasteiger partial charge in [-0.2, -0.15) is 0 Å². The average Bonchev–Trinajstić information content (AvgIpc) is 2.76. The monoisotopic (exact) mass is 393 g/mol. The van der Waals surface area contributed by atoms with Crippen LogP contribution in [0.1, 0.15) is 67.4 Å². The molecule has 5 heteroatoms. The zero-order valence-corrected chi connectivity index (χ0v) is 17.1. The third kappa shape index (κ3) is 6.43. The van der Waals surface area contributed by atoms with Crippen molar-refractivity contribution >= 4 is 17.5 Å². The van der Waals surface area contributed by atoms with E-state index in [1.807, 2.05) is 24.3 Å². The number of nitrogens with one attached hydrogen (secondary N) is 3. The molecule has 1 aliphatic rings. The van der Waals surface area contributed by atoms with Crippen LogP contribution in [0, 0.1) is 0 Å².